The van der Waals surface area contributed by atoms with Crippen molar-refractivity contribution >= 4 is 0 Å². The first kappa shape index (κ1) is 7.31. The molecule has 1 heterocycles. The molecule has 1 aromatic heterocycles. The van der Waals surface area contributed by atoms with Gasteiger partial charge in [0, 0.05) is 6.07 Å². The van der Waals surface area contributed by atoms with Crippen LogP contribution in [-0.4, -0.2) is 10.1 Å². The van der Waals surface area contributed by atoms with E-state index >= 15 is 0 Å². The summed E-state index contributed by atoms with van der Waals surface area (Å²) >= 11 is 0. The molecule has 12 heavy (non-hydrogen) atoms. The number of allylic oxidation sites excluding steroid dienone is 1. The number of aromatic nitrogens is 1. The van der Waals surface area contributed by atoms with E-state index in [4.69, 9.17) is 0 Å². The molecule has 0 aromatic carbocycles. The number of fused-ring (bicyclic) bond motifs is 1. The van der Waals surface area contributed by atoms with Gasteiger partial charge in [0.15, 0.2) is 0 Å². The molecule has 1 aliphatic rings. The first-order chi connectivity index (χ1) is 5.77. The summed E-state index contributed by atoms with van der Waals surface area (Å²) in [6.45, 7) is 0. The molecule has 2 rings (SSSR count). The molecule has 2 N–H and O–H groups in total. The number of aliphatic hydroxyl groups excluding tert-OH is 1. The van der Waals surface area contributed by atoms with E-state index in [2.05, 4.69) is 4.98 Å². The van der Waals surface area contributed by atoms with Crippen molar-refractivity contribution in [3.8, 4) is 0 Å². The fourth-order valence-electron chi connectivity index (χ4n) is 1.38. The van der Waals surface area contributed by atoms with Gasteiger partial charge < -0.3 is 10.1 Å². The van der Waals surface area contributed by atoms with Crippen LogP contribution in [-0.2, 0) is 6.42 Å². The molecule has 0 spiro atoms. The zero-order chi connectivity index (χ0) is 8.55. The number of hydrogen-bond donors (Lipinski definition) is 2. The van der Waals surface area contributed by atoms with Crippen molar-refractivity contribution in [1.82, 2.24) is 4.98 Å². The third kappa shape index (κ3) is 1.08. The van der Waals surface area contributed by atoms with Crippen LogP contribution in [0.15, 0.2) is 29.1 Å². The quantitative estimate of drug-likeness (QED) is 0.548. The van der Waals surface area contributed by atoms with Gasteiger partial charge in [0.05, 0.1) is 5.69 Å². The number of rotatable bonds is 0. The molecule has 0 fully saturated rings. The Balaban J connectivity index is 2.59. The van der Waals surface area contributed by atoms with Crippen LogP contribution < -0.4 is 5.56 Å². The van der Waals surface area contributed by atoms with Crippen LogP contribution in [0.1, 0.15) is 17.4 Å². The Labute approximate surface area is 69.4 Å². The van der Waals surface area contributed by atoms with Gasteiger partial charge in [-0.05, 0) is 12.0 Å². The molecule has 62 valence electrons. The third-order valence-corrected chi connectivity index (χ3v) is 1.99. The average molecular weight is 163 g/mol. The van der Waals surface area contributed by atoms with E-state index in [9.17, 15) is 9.90 Å². The van der Waals surface area contributed by atoms with Crippen molar-refractivity contribution in [1.29, 1.82) is 0 Å². The highest BCUT2D eigenvalue weighted by molar-refractivity contribution is 5.30. The van der Waals surface area contributed by atoms with E-state index in [1.165, 1.54) is 6.07 Å². The maximum atomic E-state index is 10.9. The molecule has 0 amide bonds. The molecule has 0 saturated carbocycles. The van der Waals surface area contributed by atoms with E-state index in [0.717, 1.165) is 12.0 Å². The highest BCUT2D eigenvalue weighted by Gasteiger charge is 2.13. The Bertz CT molecular complexity index is 378. The first-order valence-corrected chi connectivity index (χ1v) is 3.84. The van der Waals surface area contributed by atoms with Crippen LogP contribution in [0.4, 0.5) is 0 Å². The van der Waals surface area contributed by atoms with Crippen LogP contribution in [0, 0.1) is 0 Å². The second kappa shape index (κ2) is 2.60. The van der Waals surface area contributed by atoms with Gasteiger partial charge in [-0.1, -0.05) is 18.2 Å². The molecule has 0 aliphatic heterocycles. The monoisotopic (exact) mass is 163 g/mol. The minimum atomic E-state index is -0.650. The number of H-pyrrole nitrogens is 1. The zero-order valence-corrected chi connectivity index (χ0v) is 6.45. The molecular formula is C9H9NO2. The maximum Gasteiger partial charge on any atom is 0.248 e. The minimum Gasteiger partial charge on any atom is -0.383 e. The second-order valence-electron chi connectivity index (χ2n) is 2.84. The summed E-state index contributed by atoms with van der Waals surface area (Å²) in [6.07, 6.45) is 3.70. The highest BCUT2D eigenvalue weighted by atomic mass is 16.3. The predicted molar refractivity (Wildman–Crippen MR) is 44.9 cm³/mol. The fourth-order valence-corrected chi connectivity index (χ4v) is 1.38. The van der Waals surface area contributed by atoms with Crippen molar-refractivity contribution in [2.24, 2.45) is 0 Å². The lowest BCUT2D eigenvalue weighted by atomic mass is 10.0. The van der Waals surface area contributed by atoms with Crippen molar-refractivity contribution in [3.63, 3.8) is 0 Å². The Kier molecular flexibility index (Phi) is 1.59. The number of hydrogen-bond acceptors (Lipinski definition) is 2. The summed E-state index contributed by atoms with van der Waals surface area (Å²) in [5.74, 6) is 0. The van der Waals surface area contributed by atoms with E-state index in [1.807, 2.05) is 6.08 Å². The molecule has 3 nitrogen and oxygen atoms in total. The van der Waals surface area contributed by atoms with Crippen LogP contribution >= 0.6 is 0 Å². The zero-order valence-electron chi connectivity index (χ0n) is 6.45. The van der Waals surface area contributed by atoms with Gasteiger partial charge in [-0.2, -0.15) is 0 Å². The van der Waals surface area contributed by atoms with Gasteiger partial charge in [0.25, 0.3) is 0 Å². The normalized spacial score (nSPS) is 20.6. The summed E-state index contributed by atoms with van der Waals surface area (Å²) in [7, 11) is 0. The SMILES string of the molecule is O=c1ccc2c([nH]1)C(O)C=CC2. The molecule has 0 saturated heterocycles. The number of aromatic amines is 1. The first-order valence-electron chi connectivity index (χ1n) is 3.84. The maximum absolute atomic E-state index is 10.9. The highest BCUT2D eigenvalue weighted by Crippen LogP contribution is 2.20. The molecular weight excluding hydrogens is 154 g/mol. The number of aliphatic hydroxyl groups is 1. The van der Waals surface area contributed by atoms with Gasteiger partial charge in [-0.25, -0.2) is 0 Å². The molecule has 1 aromatic rings. The summed E-state index contributed by atoms with van der Waals surface area (Å²) in [6, 6.07) is 3.23. The van der Waals surface area contributed by atoms with Crippen molar-refractivity contribution in [2.45, 2.75) is 12.5 Å². The average Bonchev–Trinajstić information content (AvgIpc) is 2.07. The summed E-state index contributed by atoms with van der Waals surface area (Å²) in [4.78, 5) is 13.5. The molecule has 0 bridgehead atoms. The fraction of sp³-hybridized carbons (Fsp3) is 0.222. The second-order valence-corrected chi connectivity index (χ2v) is 2.84. The molecule has 1 unspecified atom stereocenters. The van der Waals surface area contributed by atoms with Crippen molar-refractivity contribution < 1.29 is 5.11 Å². The number of pyridine rings is 1. The molecule has 1 aliphatic carbocycles. The lowest BCUT2D eigenvalue weighted by Gasteiger charge is -2.14. The van der Waals surface area contributed by atoms with Crippen molar-refractivity contribution in [3.05, 3.63) is 45.9 Å². The predicted octanol–water partition coefficient (Wildman–Crippen LogP) is 0.521. The van der Waals surface area contributed by atoms with E-state index < -0.39 is 6.10 Å². The third-order valence-electron chi connectivity index (χ3n) is 1.99. The van der Waals surface area contributed by atoms with Crippen LogP contribution in [0.2, 0.25) is 0 Å². The Hall–Kier alpha value is -1.35. The lowest BCUT2D eigenvalue weighted by Crippen LogP contribution is -2.14. The van der Waals surface area contributed by atoms with Gasteiger partial charge in [0.1, 0.15) is 6.10 Å². The Morgan fingerprint density at radius 1 is 1.50 bits per heavy atom. The van der Waals surface area contributed by atoms with Gasteiger partial charge in [-0.3, -0.25) is 4.79 Å². The molecule has 1 atom stereocenters. The van der Waals surface area contributed by atoms with Crippen LogP contribution in [0.5, 0.6) is 0 Å². The standard InChI is InChI=1S/C9H9NO2/c11-7-3-1-2-6-4-5-8(12)10-9(6)7/h1,3-5,7,11H,2H2,(H,10,12). The lowest BCUT2D eigenvalue weighted by molar-refractivity contribution is 0.220. The van der Waals surface area contributed by atoms with E-state index in [-0.39, 0.29) is 5.56 Å². The largest absolute Gasteiger partial charge is 0.383 e. The minimum absolute atomic E-state index is 0.164. The Morgan fingerprint density at radius 2 is 2.33 bits per heavy atom. The molecule has 3 heteroatoms. The van der Waals surface area contributed by atoms with Crippen LogP contribution in [0.3, 0.4) is 0 Å². The summed E-state index contributed by atoms with van der Waals surface area (Å²) in [5, 5.41) is 9.43. The van der Waals surface area contributed by atoms with Crippen LogP contribution in [0.25, 0.3) is 0 Å². The summed E-state index contributed by atoms with van der Waals surface area (Å²) in [5.41, 5.74) is 1.46. The number of nitrogens with one attached hydrogen (secondary N) is 1. The molecule has 0 radical (unpaired) electrons. The van der Waals surface area contributed by atoms with Gasteiger partial charge in [0.2, 0.25) is 5.56 Å². The smallest absolute Gasteiger partial charge is 0.248 e. The van der Waals surface area contributed by atoms with E-state index in [0.29, 0.717) is 5.69 Å². The van der Waals surface area contributed by atoms with Crippen molar-refractivity contribution in [2.75, 3.05) is 0 Å². The van der Waals surface area contributed by atoms with Gasteiger partial charge >= 0.3 is 0 Å². The summed E-state index contributed by atoms with van der Waals surface area (Å²) < 4.78 is 0. The topological polar surface area (TPSA) is 53.1 Å². The Morgan fingerprint density at radius 3 is 3.17 bits per heavy atom. The van der Waals surface area contributed by atoms with Gasteiger partial charge in [-0.15, -0.1) is 0 Å². The van der Waals surface area contributed by atoms with E-state index in [1.54, 1.807) is 12.1 Å².